The number of nitrogens with one attached hydrogen (secondary N) is 1. The van der Waals surface area contributed by atoms with E-state index in [2.05, 4.69) is 12.3 Å². The molecule has 0 aromatic heterocycles. The molecule has 1 aromatic carbocycles. The van der Waals surface area contributed by atoms with Gasteiger partial charge in [-0.2, -0.15) is 0 Å². The minimum absolute atomic E-state index is 0.721. The van der Waals surface area contributed by atoms with Gasteiger partial charge in [-0.3, -0.25) is 5.84 Å². The van der Waals surface area contributed by atoms with Gasteiger partial charge in [-0.25, -0.2) is 0 Å². The standard InChI is InChI=1S/C22H39ClN2S/c1-2-3-4-5-6-7-8-9-10-11-12-13-14-15-18-26-22-17-16-20(23)19-21(22)25-24/h16-17,19,25H,2-15,18,24H2,1H3. The van der Waals surface area contributed by atoms with Crippen molar-refractivity contribution in [2.75, 3.05) is 11.2 Å². The molecule has 1 aromatic rings. The van der Waals surface area contributed by atoms with Crippen molar-refractivity contribution in [1.29, 1.82) is 0 Å². The minimum Gasteiger partial charge on any atom is -0.323 e. The van der Waals surface area contributed by atoms with Crippen molar-refractivity contribution in [3.05, 3.63) is 23.2 Å². The Morgan fingerprint density at radius 2 is 1.31 bits per heavy atom. The Morgan fingerprint density at radius 3 is 1.81 bits per heavy atom. The van der Waals surface area contributed by atoms with Crippen LogP contribution in [0.15, 0.2) is 23.1 Å². The smallest absolute Gasteiger partial charge is 0.0635 e. The molecular formula is C22H39ClN2S. The fraction of sp³-hybridized carbons (Fsp3) is 0.727. The molecule has 0 saturated heterocycles. The van der Waals surface area contributed by atoms with Gasteiger partial charge < -0.3 is 5.43 Å². The number of rotatable bonds is 17. The summed E-state index contributed by atoms with van der Waals surface area (Å²) in [7, 11) is 0. The van der Waals surface area contributed by atoms with Gasteiger partial charge in [-0.05, 0) is 30.4 Å². The van der Waals surface area contributed by atoms with E-state index in [4.69, 9.17) is 17.4 Å². The number of hydrogen-bond acceptors (Lipinski definition) is 3. The molecule has 0 atom stereocenters. The van der Waals surface area contributed by atoms with Crippen molar-refractivity contribution >= 4 is 29.1 Å². The number of nitrogen functional groups attached to an aromatic ring is 1. The van der Waals surface area contributed by atoms with E-state index < -0.39 is 0 Å². The quantitative estimate of drug-likeness (QED) is 0.120. The lowest BCUT2D eigenvalue weighted by molar-refractivity contribution is 0.538. The number of unbranched alkanes of at least 4 members (excludes halogenated alkanes) is 13. The van der Waals surface area contributed by atoms with Crippen LogP contribution in [-0.2, 0) is 0 Å². The molecule has 0 aliphatic heterocycles. The van der Waals surface area contributed by atoms with Gasteiger partial charge in [-0.15, -0.1) is 11.8 Å². The highest BCUT2D eigenvalue weighted by Crippen LogP contribution is 2.30. The normalized spacial score (nSPS) is 11.0. The van der Waals surface area contributed by atoms with E-state index >= 15 is 0 Å². The lowest BCUT2D eigenvalue weighted by Crippen LogP contribution is -2.07. The van der Waals surface area contributed by atoms with Gasteiger partial charge in [0.05, 0.1) is 5.69 Å². The largest absolute Gasteiger partial charge is 0.323 e. The summed E-state index contributed by atoms with van der Waals surface area (Å²) >= 11 is 7.85. The number of thioether (sulfide) groups is 1. The van der Waals surface area contributed by atoms with Crippen LogP contribution in [0.4, 0.5) is 5.69 Å². The van der Waals surface area contributed by atoms with Crippen LogP contribution >= 0.6 is 23.4 Å². The highest BCUT2D eigenvalue weighted by Gasteiger charge is 2.03. The lowest BCUT2D eigenvalue weighted by atomic mass is 10.0. The zero-order chi connectivity index (χ0) is 18.9. The highest BCUT2D eigenvalue weighted by molar-refractivity contribution is 7.99. The molecule has 0 unspecified atom stereocenters. The first-order valence-corrected chi connectivity index (χ1v) is 12.0. The summed E-state index contributed by atoms with van der Waals surface area (Å²) in [4.78, 5) is 1.19. The number of hydrazine groups is 1. The van der Waals surface area contributed by atoms with E-state index in [1.165, 1.54) is 94.8 Å². The van der Waals surface area contributed by atoms with Crippen LogP contribution < -0.4 is 11.3 Å². The van der Waals surface area contributed by atoms with E-state index in [1.807, 2.05) is 30.0 Å². The molecule has 1 rings (SSSR count). The van der Waals surface area contributed by atoms with Crippen molar-refractivity contribution in [2.45, 2.75) is 102 Å². The van der Waals surface area contributed by atoms with E-state index in [1.54, 1.807) is 0 Å². The van der Waals surface area contributed by atoms with Crippen LogP contribution in [0.1, 0.15) is 96.8 Å². The molecule has 0 aliphatic rings. The summed E-state index contributed by atoms with van der Waals surface area (Å²) in [6.07, 6.45) is 19.7. The van der Waals surface area contributed by atoms with Crippen molar-refractivity contribution in [1.82, 2.24) is 0 Å². The molecule has 0 bridgehead atoms. The summed E-state index contributed by atoms with van der Waals surface area (Å²) in [5, 5.41) is 0.721. The van der Waals surface area contributed by atoms with E-state index in [0.29, 0.717) is 0 Å². The van der Waals surface area contributed by atoms with Crippen LogP contribution in [0.2, 0.25) is 5.02 Å². The molecule has 0 spiro atoms. The first-order chi connectivity index (χ1) is 12.8. The molecule has 0 amide bonds. The summed E-state index contributed by atoms with van der Waals surface area (Å²) < 4.78 is 0. The zero-order valence-electron chi connectivity index (χ0n) is 16.7. The van der Waals surface area contributed by atoms with Crippen molar-refractivity contribution in [3.8, 4) is 0 Å². The van der Waals surface area contributed by atoms with Crippen LogP contribution in [0.5, 0.6) is 0 Å². The maximum absolute atomic E-state index is 5.99. The first kappa shape index (κ1) is 23.7. The average molecular weight is 399 g/mol. The molecular weight excluding hydrogens is 360 g/mol. The third kappa shape index (κ3) is 12.1. The average Bonchev–Trinajstić information content (AvgIpc) is 2.65. The summed E-state index contributed by atoms with van der Waals surface area (Å²) in [5.74, 6) is 6.70. The molecule has 0 saturated carbocycles. The van der Waals surface area contributed by atoms with E-state index in [9.17, 15) is 0 Å². The fourth-order valence-electron chi connectivity index (χ4n) is 3.22. The van der Waals surface area contributed by atoms with Crippen LogP contribution in [-0.4, -0.2) is 5.75 Å². The summed E-state index contributed by atoms with van der Waals surface area (Å²) in [6, 6.07) is 5.86. The Kier molecular flexibility index (Phi) is 15.3. The maximum atomic E-state index is 5.99. The lowest BCUT2D eigenvalue weighted by Gasteiger charge is -2.09. The van der Waals surface area contributed by atoms with Gasteiger partial charge in [-0.1, -0.05) is 102 Å². The predicted octanol–water partition coefficient (Wildman–Crippen LogP) is 8.20. The van der Waals surface area contributed by atoms with E-state index in [0.717, 1.165) is 16.5 Å². The van der Waals surface area contributed by atoms with Crippen LogP contribution in [0.25, 0.3) is 0 Å². The Labute approximate surface area is 171 Å². The molecule has 3 N–H and O–H groups in total. The fourth-order valence-corrected chi connectivity index (χ4v) is 4.40. The van der Waals surface area contributed by atoms with Crippen molar-refractivity contribution < 1.29 is 0 Å². The second-order valence-corrected chi connectivity index (χ2v) is 8.80. The second kappa shape index (κ2) is 16.8. The molecule has 0 aliphatic carbocycles. The minimum atomic E-state index is 0.721. The van der Waals surface area contributed by atoms with Gasteiger partial charge in [0.25, 0.3) is 0 Å². The summed E-state index contributed by atoms with van der Waals surface area (Å²) in [6.45, 7) is 2.29. The highest BCUT2D eigenvalue weighted by atomic mass is 35.5. The predicted molar refractivity (Wildman–Crippen MR) is 120 cm³/mol. The Hall–Kier alpha value is -0.380. The van der Waals surface area contributed by atoms with Crippen LogP contribution in [0.3, 0.4) is 0 Å². The van der Waals surface area contributed by atoms with Gasteiger partial charge in [0.15, 0.2) is 0 Å². The molecule has 26 heavy (non-hydrogen) atoms. The Balaban J connectivity index is 1.87. The van der Waals surface area contributed by atoms with Gasteiger partial charge in [0, 0.05) is 9.92 Å². The van der Waals surface area contributed by atoms with Gasteiger partial charge in [0.2, 0.25) is 0 Å². The molecule has 0 fully saturated rings. The van der Waals surface area contributed by atoms with Gasteiger partial charge in [0.1, 0.15) is 0 Å². The van der Waals surface area contributed by atoms with Crippen molar-refractivity contribution in [3.63, 3.8) is 0 Å². The second-order valence-electron chi connectivity index (χ2n) is 7.23. The van der Waals surface area contributed by atoms with Gasteiger partial charge >= 0.3 is 0 Å². The number of hydrogen-bond donors (Lipinski definition) is 2. The zero-order valence-corrected chi connectivity index (χ0v) is 18.3. The first-order valence-electron chi connectivity index (χ1n) is 10.7. The van der Waals surface area contributed by atoms with Crippen LogP contribution in [0, 0.1) is 0 Å². The maximum Gasteiger partial charge on any atom is 0.0635 e. The monoisotopic (exact) mass is 398 g/mol. The number of benzene rings is 1. The molecule has 0 heterocycles. The summed E-state index contributed by atoms with van der Waals surface area (Å²) in [5.41, 5.74) is 3.66. The van der Waals surface area contributed by atoms with Crippen molar-refractivity contribution in [2.24, 2.45) is 5.84 Å². The number of anilines is 1. The SMILES string of the molecule is CCCCCCCCCCCCCCCCSc1ccc(Cl)cc1NN. The Bertz CT molecular complexity index is 454. The Morgan fingerprint density at radius 1 is 0.808 bits per heavy atom. The molecule has 2 nitrogen and oxygen atoms in total. The third-order valence-electron chi connectivity index (χ3n) is 4.85. The molecule has 4 heteroatoms. The van der Waals surface area contributed by atoms with E-state index in [-0.39, 0.29) is 0 Å². The topological polar surface area (TPSA) is 38.0 Å². The molecule has 0 radical (unpaired) electrons. The number of nitrogens with two attached hydrogens (primary N) is 1. The number of halogens is 1. The third-order valence-corrected chi connectivity index (χ3v) is 6.25. The molecule has 150 valence electrons.